The molecule has 6 nitrogen and oxygen atoms in total. The first-order valence-electron chi connectivity index (χ1n) is 12.7. The van der Waals surface area contributed by atoms with Crippen LogP contribution in [-0.4, -0.2) is 30.4 Å². The number of hydrogen-bond acceptors (Lipinski definition) is 4. The number of nitrogens with zero attached hydrogens (tertiary/aromatic N) is 3. The van der Waals surface area contributed by atoms with Crippen molar-refractivity contribution in [2.75, 3.05) is 21.2 Å². The van der Waals surface area contributed by atoms with Gasteiger partial charge in [0, 0.05) is 17.3 Å². The molecule has 0 aliphatic carbocycles. The highest BCUT2D eigenvalue weighted by Gasteiger charge is 2.66. The van der Waals surface area contributed by atoms with Gasteiger partial charge in [0.25, 0.3) is 11.8 Å². The quantitative estimate of drug-likeness (QED) is 0.398. The summed E-state index contributed by atoms with van der Waals surface area (Å²) in [4.78, 5) is 47.9. The SMILES string of the molecule is C[C@@H]1C[C@@H](C)[C@@H]2N(C1)c1cc(Cl)ccc1CC21C(=O)N(c2ccccc2)C(=O)N(c2ccccc2)C1=O. The molecule has 37 heavy (non-hydrogen) atoms. The number of carbonyl (C=O) groups excluding carboxylic acids is 3. The van der Waals surface area contributed by atoms with Crippen molar-refractivity contribution in [3.63, 3.8) is 0 Å². The summed E-state index contributed by atoms with van der Waals surface area (Å²) in [6.45, 7) is 5.01. The lowest BCUT2D eigenvalue weighted by Gasteiger charge is -2.58. The molecule has 2 fully saturated rings. The summed E-state index contributed by atoms with van der Waals surface area (Å²) in [6.07, 6.45) is 1.08. The van der Waals surface area contributed by atoms with Crippen LogP contribution in [0.25, 0.3) is 0 Å². The number of hydrogen-bond donors (Lipinski definition) is 0. The summed E-state index contributed by atoms with van der Waals surface area (Å²) >= 11 is 6.42. The van der Waals surface area contributed by atoms with Crippen molar-refractivity contribution in [3.05, 3.63) is 89.4 Å². The van der Waals surface area contributed by atoms with Gasteiger partial charge in [0.05, 0.1) is 17.4 Å². The summed E-state index contributed by atoms with van der Waals surface area (Å²) in [5, 5.41) is 0.618. The van der Waals surface area contributed by atoms with E-state index in [4.69, 9.17) is 11.6 Å². The van der Waals surface area contributed by atoms with E-state index in [9.17, 15) is 14.4 Å². The van der Waals surface area contributed by atoms with Crippen LogP contribution in [0.2, 0.25) is 5.02 Å². The second kappa shape index (κ2) is 8.73. The smallest absolute Gasteiger partial charge is 0.342 e. The number of barbiturate groups is 1. The Morgan fingerprint density at radius 3 is 1.95 bits per heavy atom. The number of piperidine rings is 1. The highest BCUT2D eigenvalue weighted by atomic mass is 35.5. The van der Waals surface area contributed by atoms with Crippen LogP contribution < -0.4 is 14.7 Å². The van der Waals surface area contributed by atoms with E-state index in [0.29, 0.717) is 28.9 Å². The van der Waals surface area contributed by atoms with E-state index in [1.54, 1.807) is 54.6 Å². The van der Waals surface area contributed by atoms with Crippen LogP contribution in [-0.2, 0) is 16.0 Å². The van der Waals surface area contributed by atoms with Gasteiger partial charge < -0.3 is 4.90 Å². The topological polar surface area (TPSA) is 60.9 Å². The molecule has 0 saturated carbocycles. The molecule has 0 bridgehead atoms. The van der Waals surface area contributed by atoms with Crippen molar-refractivity contribution in [3.8, 4) is 0 Å². The first-order valence-corrected chi connectivity index (χ1v) is 13.1. The summed E-state index contributed by atoms with van der Waals surface area (Å²) in [7, 11) is 0. The van der Waals surface area contributed by atoms with Crippen molar-refractivity contribution < 1.29 is 14.4 Å². The molecule has 1 spiro atoms. The number of carbonyl (C=O) groups is 3. The first-order chi connectivity index (χ1) is 17.8. The first kappa shape index (κ1) is 23.7. The third kappa shape index (κ3) is 3.50. The van der Waals surface area contributed by atoms with E-state index in [0.717, 1.165) is 17.7 Å². The van der Waals surface area contributed by atoms with Gasteiger partial charge >= 0.3 is 6.03 Å². The monoisotopic (exact) mass is 513 g/mol. The minimum absolute atomic E-state index is 0.0345. The number of anilines is 3. The summed E-state index contributed by atoms with van der Waals surface area (Å²) in [5.41, 5.74) is 1.29. The molecular formula is C30H28ClN3O3. The van der Waals surface area contributed by atoms with Crippen LogP contribution >= 0.6 is 11.6 Å². The van der Waals surface area contributed by atoms with Crippen LogP contribution in [0.3, 0.4) is 0 Å². The van der Waals surface area contributed by atoms with Crippen LogP contribution in [0, 0.1) is 17.3 Å². The third-order valence-corrected chi connectivity index (χ3v) is 8.30. The Balaban J connectivity index is 1.61. The Labute approximate surface area is 221 Å². The van der Waals surface area contributed by atoms with E-state index in [1.807, 2.05) is 24.3 Å². The third-order valence-electron chi connectivity index (χ3n) is 8.07. The number of halogens is 1. The largest absolute Gasteiger partial charge is 0.366 e. The Morgan fingerprint density at radius 2 is 1.38 bits per heavy atom. The van der Waals surface area contributed by atoms with Crippen molar-refractivity contribution in [2.45, 2.75) is 32.7 Å². The van der Waals surface area contributed by atoms with Gasteiger partial charge in [-0.05, 0) is 66.6 Å². The molecule has 0 aromatic heterocycles. The number of rotatable bonds is 2. The number of para-hydroxylation sites is 2. The fourth-order valence-corrected chi connectivity index (χ4v) is 6.90. The van der Waals surface area contributed by atoms with E-state index >= 15 is 0 Å². The zero-order valence-electron chi connectivity index (χ0n) is 20.8. The molecule has 3 aromatic carbocycles. The fourth-order valence-electron chi connectivity index (χ4n) is 6.73. The van der Waals surface area contributed by atoms with Gasteiger partial charge in [-0.3, -0.25) is 9.59 Å². The van der Waals surface area contributed by atoms with E-state index in [-0.39, 0.29) is 12.3 Å². The second-order valence-electron chi connectivity index (χ2n) is 10.6. The summed E-state index contributed by atoms with van der Waals surface area (Å²) in [5.74, 6) is -0.512. The molecule has 3 aromatic rings. The highest BCUT2D eigenvalue weighted by molar-refractivity contribution is 6.39. The Hall–Kier alpha value is -3.64. The molecule has 3 atom stereocenters. The standard InChI is InChI=1S/C30H28ClN3O3/c1-19-15-20(2)26-30(17-21-13-14-22(31)16-25(21)32(26)18-19)27(35)33(23-9-5-3-6-10-23)29(37)34(28(30)36)24-11-7-4-8-12-24/h3-14,16,19-20,26H,15,17-18H2,1-2H3/t19-,20-,26+/m1/s1. The summed E-state index contributed by atoms with van der Waals surface area (Å²) in [6, 6.07) is 22.4. The molecular weight excluding hydrogens is 486 g/mol. The molecule has 0 N–H and O–H groups in total. The number of benzene rings is 3. The fraction of sp³-hybridized carbons (Fsp3) is 0.300. The number of imide groups is 2. The Bertz CT molecular complexity index is 1330. The molecule has 188 valence electrons. The maximum atomic E-state index is 14.7. The predicted molar refractivity (Wildman–Crippen MR) is 145 cm³/mol. The van der Waals surface area contributed by atoms with Gasteiger partial charge in [0.15, 0.2) is 5.41 Å². The van der Waals surface area contributed by atoms with Crippen LogP contribution in [0.15, 0.2) is 78.9 Å². The normalized spacial score (nSPS) is 24.8. The van der Waals surface area contributed by atoms with Crippen LogP contribution in [0.5, 0.6) is 0 Å². The predicted octanol–water partition coefficient (Wildman–Crippen LogP) is 5.93. The Morgan fingerprint density at radius 1 is 0.811 bits per heavy atom. The molecule has 0 unspecified atom stereocenters. The average Bonchev–Trinajstić information content (AvgIpc) is 2.89. The van der Waals surface area contributed by atoms with Crippen molar-refractivity contribution in [2.24, 2.45) is 17.3 Å². The zero-order valence-corrected chi connectivity index (χ0v) is 21.6. The molecule has 7 heteroatoms. The van der Waals surface area contributed by atoms with E-state index in [2.05, 4.69) is 18.7 Å². The molecule has 3 heterocycles. The minimum atomic E-state index is -1.47. The number of urea groups is 1. The van der Waals surface area contributed by atoms with Gasteiger partial charge in [-0.15, -0.1) is 0 Å². The van der Waals surface area contributed by atoms with Crippen LogP contribution in [0.4, 0.5) is 21.9 Å². The van der Waals surface area contributed by atoms with Gasteiger partial charge in [-0.2, -0.15) is 0 Å². The maximum Gasteiger partial charge on any atom is 0.342 e. The maximum absolute atomic E-state index is 14.7. The molecule has 0 radical (unpaired) electrons. The van der Waals surface area contributed by atoms with Gasteiger partial charge in [-0.1, -0.05) is 67.9 Å². The minimum Gasteiger partial charge on any atom is -0.366 e. The summed E-state index contributed by atoms with van der Waals surface area (Å²) < 4.78 is 0. The highest BCUT2D eigenvalue weighted by Crippen LogP contribution is 2.52. The lowest BCUT2D eigenvalue weighted by atomic mass is 9.62. The Kier molecular flexibility index (Phi) is 5.60. The van der Waals surface area contributed by atoms with Crippen molar-refractivity contribution >= 4 is 46.5 Å². The van der Waals surface area contributed by atoms with E-state index in [1.165, 1.54) is 9.80 Å². The molecule has 2 saturated heterocycles. The zero-order chi connectivity index (χ0) is 25.9. The van der Waals surface area contributed by atoms with Gasteiger partial charge in [0.1, 0.15) is 0 Å². The van der Waals surface area contributed by atoms with Gasteiger partial charge in [0.2, 0.25) is 0 Å². The van der Waals surface area contributed by atoms with Crippen LogP contribution in [0.1, 0.15) is 25.8 Å². The lowest BCUT2D eigenvalue weighted by Crippen LogP contribution is -2.75. The van der Waals surface area contributed by atoms with Crippen molar-refractivity contribution in [1.82, 2.24) is 0 Å². The molecule has 3 aliphatic rings. The number of amides is 4. The molecule has 3 aliphatic heterocycles. The average molecular weight is 514 g/mol. The lowest BCUT2D eigenvalue weighted by molar-refractivity contribution is -0.144. The number of fused-ring (bicyclic) bond motifs is 4. The van der Waals surface area contributed by atoms with Crippen molar-refractivity contribution in [1.29, 1.82) is 0 Å². The molecule has 6 rings (SSSR count). The van der Waals surface area contributed by atoms with E-state index < -0.39 is 29.3 Å². The van der Waals surface area contributed by atoms with Gasteiger partial charge in [-0.25, -0.2) is 14.6 Å². The molecule has 4 amide bonds. The second-order valence-corrected chi connectivity index (χ2v) is 11.0.